The number of hydrogen-bond acceptors (Lipinski definition) is 2. The van der Waals surface area contributed by atoms with Gasteiger partial charge in [0.2, 0.25) is 0 Å². The molecule has 0 spiro atoms. The molecule has 11 heavy (non-hydrogen) atoms. The van der Waals surface area contributed by atoms with Gasteiger partial charge >= 0.3 is 0 Å². The van der Waals surface area contributed by atoms with Gasteiger partial charge in [0.25, 0.3) is 0 Å². The minimum absolute atomic E-state index is 0.121. The first-order chi connectivity index (χ1) is 5.02. The van der Waals surface area contributed by atoms with E-state index in [-0.39, 0.29) is 5.41 Å². The Balaban J connectivity index is 4.48. The van der Waals surface area contributed by atoms with Crippen LogP contribution in [0.4, 0.5) is 0 Å². The van der Waals surface area contributed by atoms with Gasteiger partial charge in [0.15, 0.2) is 0 Å². The molecule has 0 radical (unpaired) electrons. The van der Waals surface area contributed by atoms with Crippen LogP contribution in [0.15, 0.2) is 16.9 Å². The van der Waals surface area contributed by atoms with Crippen LogP contribution in [-0.2, 0) is 0 Å². The van der Waals surface area contributed by atoms with Crippen molar-refractivity contribution < 1.29 is 0 Å². The third-order valence-electron chi connectivity index (χ3n) is 1.32. The van der Waals surface area contributed by atoms with Crippen molar-refractivity contribution in [2.24, 2.45) is 10.4 Å². The van der Waals surface area contributed by atoms with Gasteiger partial charge in [-0.1, -0.05) is 20.8 Å². The van der Waals surface area contributed by atoms with Crippen molar-refractivity contribution in [2.45, 2.75) is 27.7 Å². The highest BCUT2D eigenvalue weighted by Crippen LogP contribution is 2.24. The van der Waals surface area contributed by atoms with E-state index < -0.39 is 0 Å². The molecule has 0 saturated heterocycles. The highest BCUT2D eigenvalue weighted by molar-refractivity contribution is 5.55. The molecule has 0 fully saturated rings. The van der Waals surface area contributed by atoms with Crippen molar-refractivity contribution in [1.29, 1.82) is 0 Å². The number of aliphatic imine (C=N–C) groups is 1. The Morgan fingerprint density at radius 3 is 2.18 bits per heavy atom. The Morgan fingerprint density at radius 2 is 1.91 bits per heavy atom. The molecule has 0 saturated carbocycles. The zero-order valence-corrected chi connectivity index (χ0v) is 8.10. The normalized spacial score (nSPS) is 14.1. The van der Waals surface area contributed by atoms with Crippen LogP contribution in [0.5, 0.6) is 0 Å². The van der Waals surface area contributed by atoms with Crippen LogP contribution in [0.2, 0.25) is 0 Å². The van der Waals surface area contributed by atoms with Crippen molar-refractivity contribution in [3.05, 3.63) is 11.9 Å². The molecule has 0 aliphatic rings. The Labute approximate surface area is 69.4 Å². The summed E-state index contributed by atoms with van der Waals surface area (Å²) in [6.45, 7) is 8.35. The van der Waals surface area contributed by atoms with Crippen LogP contribution >= 0.6 is 0 Å². The molecule has 0 aliphatic carbocycles. The van der Waals surface area contributed by atoms with Crippen LogP contribution in [-0.4, -0.2) is 13.3 Å². The lowest BCUT2D eigenvalue weighted by Gasteiger charge is -2.18. The summed E-state index contributed by atoms with van der Waals surface area (Å²) in [5.74, 6) is 0. The second kappa shape index (κ2) is 4.16. The largest absolute Gasteiger partial charge is 0.392 e. The molecule has 1 N–H and O–H groups in total. The van der Waals surface area contributed by atoms with E-state index in [2.05, 4.69) is 31.1 Å². The summed E-state index contributed by atoms with van der Waals surface area (Å²) in [4.78, 5) is 4.26. The van der Waals surface area contributed by atoms with Gasteiger partial charge in [0, 0.05) is 24.9 Å². The Bertz CT molecular complexity index is 161. The van der Waals surface area contributed by atoms with E-state index in [1.54, 1.807) is 0 Å². The molecule has 0 bridgehead atoms. The molecule has 2 nitrogen and oxygen atoms in total. The van der Waals surface area contributed by atoms with E-state index in [1.807, 2.05) is 26.4 Å². The van der Waals surface area contributed by atoms with Crippen molar-refractivity contribution in [3.63, 3.8) is 0 Å². The zero-order valence-electron chi connectivity index (χ0n) is 8.10. The molecule has 0 aromatic rings. The fourth-order valence-electron chi connectivity index (χ4n) is 0.723. The molecule has 64 valence electrons. The molecule has 0 aromatic heterocycles. The van der Waals surface area contributed by atoms with Gasteiger partial charge in [-0.05, 0) is 6.92 Å². The smallest absolute Gasteiger partial charge is 0.0609 e. The number of allylic oxidation sites excluding steroid dienone is 1. The first kappa shape index (κ1) is 10.2. The Morgan fingerprint density at radius 1 is 1.36 bits per heavy atom. The molecule has 0 rings (SSSR count). The molecule has 2 heteroatoms. The topological polar surface area (TPSA) is 24.4 Å². The third kappa shape index (κ3) is 3.81. The summed E-state index contributed by atoms with van der Waals surface area (Å²) in [5.41, 5.74) is 1.19. The maximum absolute atomic E-state index is 4.26. The summed E-state index contributed by atoms with van der Waals surface area (Å²) in [7, 11) is 1.89. The predicted octanol–water partition coefficient (Wildman–Crippen LogP) is 2.18. The standard InChI is InChI=1S/C9H18N2/c1-6-11-8(7-10-5)9(2,3)4/h6-7,10H,1-5H3/b8-7-,11-6-. The van der Waals surface area contributed by atoms with E-state index >= 15 is 0 Å². The van der Waals surface area contributed by atoms with E-state index in [9.17, 15) is 0 Å². The molecule has 0 aromatic carbocycles. The molecule has 0 aliphatic heterocycles. The molecule has 0 amide bonds. The number of rotatable bonds is 2. The van der Waals surface area contributed by atoms with Crippen molar-refractivity contribution >= 4 is 6.21 Å². The van der Waals surface area contributed by atoms with Gasteiger partial charge in [0.05, 0.1) is 5.70 Å². The van der Waals surface area contributed by atoms with Crippen molar-refractivity contribution in [2.75, 3.05) is 7.05 Å². The Hall–Kier alpha value is -0.790. The van der Waals surface area contributed by atoms with Crippen molar-refractivity contribution in [1.82, 2.24) is 5.32 Å². The van der Waals surface area contributed by atoms with Gasteiger partial charge in [0.1, 0.15) is 0 Å². The van der Waals surface area contributed by atoms with Gasteiger partial charge in [-0.3, -0.25) is 4.99 Å². The van der Waals surface area contributed by atoms with Crippen molar-refractivity contribution in [3.8, 4) is 0 Å². The lowest BCUT2D eigenvalue weighted by Crippen LogP contribution is -2.10. The quantitative estimate of drug-likeness (QED) is 0.606. The Kier molecular flexibility index (Phi) is 3.86. The average molecular weight is 154 g/mol. The van der Waals surface area contributed by atoms with E-state index in [0.29, 0.717) is 0 Å². The monoisotopic (exact) mass is 154 g/mol. The number of nitrogens with one attached hydrogen (secondary N) is 1. The average Bonchev–Trinajstić information content (AvgIpc) is 1.85. The predicted molar refractivity (Wildman–Crippen MR) is 50.8 cm³/mol. The van der Waals surface area contributed by atoms with Gasteiger partial charge in [-0.2, -0.15) is 0 Å². The third-order valence-corrected chi connectivity index (χ3v) is 1.32. The molecule has 0 heterocycles. The summed E-state index contributed by atoms with van der Waals surface area (Å²) in [5, 5.41) is 2.98. The zero-order chi connectivity index (χ0) is 8.91. The summed E-state index contributed by atoms with van der Waals surface area (Å²) < 4.78 is 0. The van der Waals surface area contributed by atoms with E-state index in [4.69, 9.17) is 0 Å². The second-order valence-electron chi connectivity index (χ2n) is 3.46. The maximum atomic E-state index is 4.26. The number of hydrogen-bond donors (Lipinski definition) is 1. The lowest BCUT2D eigenvalue weighted by molar-refractivity contribution is 0.495. The van der Waals surface area contributed by atoms with Crippen LogP contribution < -0.4 is 5.32 Å². The van der Waals surface area contributed by atoms with E-state index in [0.717, 1.165) is 5.70 Å². The van der Waals surface area contributed by atoms with E-state index in [1.165, 1.54) is 0 Å². The lowest BCUT2D eigenvalue weighted by atomic mass is 9.93. The van der Waals surface area contributed by atoms with Crippen LogP contribution in [0.25, 0.3) is 0 Å². The highest BCUT2D eigenvalue weighted by Gasteiger charge is 2.15. The van der Waals surface area contributed by atoms with Gasteiger partial charge in [-0.15, -0.1) is 0 Å². The molecule has 0 unspecified atom stereocenters. The van der Waals surface area contributed by atoms with Crippen LogP contribution in [0.1, 0.15) is 27.7 Å². The minimum atomic E-state index is 0.121. The number of nitrogens with zero attached hydrogens (tertiary/aromatic N) is 1. The second-order valence-corrected chi connectivity index (χ2v) is 3.46. The van der Waals surface area contributed by atoms with Gasteiger partial charge < -0.3 is 5.32 Å². The summed E-state index contributed by atoms with van der Waals surface area (Å²) >= 11 is 0. The molecular weight excluding hydrogens is 136 g/mol. The van der Waals surface area contributed by atoms with Gasteiger partial charge in [-0.25, -0.2) is 0 Å². The minimum Gasteiger partial charge on any atom is -0.392 e. The first-order valence-corrected chi connectivity index (χ1v) is 3.89. The molecule has 0 atom stereocenters. The summed E-state index contributed by atoms with van der Waals surface area (Å²) in [6, 6.07) is 0. The van der Waals surface area contributed by atoms with Crippen LogP contribution in [0, 0.1) is 5.41 Å². The SMILES string of the molecule is C/C=N\C(=C/NC)C(C)(C)C. The molecular formula is C9H18N2. The summed E-state index contributed by atoms with van der Waals surface area (Å²) in [6.07, 6.45) is 3.74. The maximum Gasteiger partial charge on any atom is 0.0609 e. The van der Waals surface area contributed by atoms with Crippen LogP contribution in [0.3, 0.4) is 0 Å². The first-order valence-electron chi connectivity index (χ1n) is 3.89. The fraction of sp³-hybridized carbons (Fsp3) is 0.667. The highest BCUT2D eigenvalue weighted by atomic mass is 14.8. The fourth-order valence-corrected chi connectivity index (χ4v) is 0.723.